The molecular formula is C7H8OS. The molecule has 1 rings (SSSR count). The average molecular weight is 140 g/mol. The van der Waals surface area contributed by atoms with E-state index in [9.17, 15) is 0 Å². The van der Waals surface area contributed by atoms with Gasteiger partial charge < -0.3 is 5.11 Å². The third-order valence-electron chi connectivity index (χ3n) is 1.11. The summed E-state index contributed by atoms with van der Waals surface area (Å²) in [6.45, 7) is 0. The van der Waals surface area contributed by atoms with Crippen molar-refractivity contribution in [3.63, 3.8) is 0 Å². The molecule has 0 bridgehead atoms. The van der Waals surface area contributed by atoms with Crippen LogP contribution in [0.2, 0.25) is 0 Å². The van der Waals surface area contributed by atoms with Gasteiger partial charge >= 0.3 is 0 Å². The number of hydrogen-bond donors (Lipinski definition) is 2. The minimum Gasteiger partial charge on any atom is -0.511 e. The Labute approximate surface area is 59.8 Å². The van der Waals surface area contributed by atoms with Crippen molar-refractivity contribution < 1.29 is 5.11 Å². The normalized spacial score (nSPS) is 18.3. The Hall–Kier alpha value is -0.630. The van der Waals surface area contributed by atoms with Crippen molar-refractivity contribution in [2.45, 2.75) is 6.42 Å². The van der Waals surface area contributed by atoms with E-state index in [1.54, 1.807) is 6.08 Å². The van der Waals surface area contributed by atoms with E-state index in [0.29, 0.717) is 17.1 Å². The number of hydrogen-bond acceptors (Lipinski definition) is 2. The van der Waals surface area contributed by atoms with Crippen LogP contribution < -0.4 is 0 Å². The molecule has 0 aromatic carbocycles. The monoisotopic (exact) mass is 140 g/mol. The van der Waals surface area contributed by atoms with Crippen molar-refractivity contribution in [2.75, 3.05) is 0 Å². The van der Waals surface area contributed by atoms with Crippen LogP contribution in [0.5, 0.6) is 0 Å². The molecule has 0 saturated heterocycles. The molecule has 1 aliphatic carbocycles. The lowest BCUT2D eigenvalue weighted by atomic mass is 10.3. The molecule has 0 spiro atoms. The van der Waals surface area contributed by atoms with Gasteiger partial charge in [0, 0.05) is 11.3 Å². The lowest BCUT2D eigenvalue weighted by molar-refractivity contribution is 0.400. The Morgan fingerprint density at radius 1 is 1.44 bits per heavy atom. The highest BCUT2D eigenvalue weighted by Gasteiger charge is 1.96. The molecule has 0 aromatic heterocycles. The minimum absolute atomic E-state index is 0.336. The van der Waals surface area contributed by atoms with Gasteiger partial charge in [-0.25, -0.2) is 0 Å². The molecule has 0 unspecified atom stereocenters. The Kier molecular flexibility index (Phi) is 2.01. The second-order valence-electron chi connectivity index (χ2n) is 1.82. The fourth-order valence-corrected chi connectivity index (χ4v) is 0.783. The van der Waals surface area contributed by atoms with E-state index < -0.39 is 0 Å². The average Bonchev–Trinajstić information content (AvgIpc) is 1.99. The van der Waals surface area contributed by atoms with Crippen molar-refractivity contribution in [3.8, 4) is 0 Å². The Morgan fingerprint density at radius 3 is 3.00 bits per heavy atom. The third-order valence-corrected chi connectivity index (χ3v) is 1.52. The highest BCUT2D eigenvalue weighted by atomic mass is 32.1. The molecule has 0 aromatic rings. The maximum absolute atomic E-state index is 9.06. The lowest BCUT2D eigenvalue weighted by Gasteiger charge is -1.93. The van der Waals surface area contributed by atoms with Crippen LogP contribution in [-0.4, -0.2) is 5.11 Å². The highest BCUT2D eigenvalue weighted by Crippen LogP contribution is 2.14. The molecule has 0 fully saturated rings. The van der Waals surface area contributed by atoms with E-state index in [1.807, 2.05) is 18.2 Å². The van der Waals surface area contributed by atoms with Crippen LogP contribution in [0.3, 0.4) is 0 Å². The van der Waals surface area contributed by atoms with Crippen LogP contribution in [0.15, 0.2) is 35.0 Å². The number of thiol groups is 1. The Morgan fingerprint density at radius 2 is 2.22 bits per heavy atom. The lowest BCUT2D eigenvalue weighted by Crippen LogP contribution is -1.78. The van der Waals surface area contributed by atoms with Crippen LogP contribution in [0.4, 0.5) is 0 Å². The summed E-state index contributed by atoms with van der Waals surface area (Å²) in [5, 5.41) is 9.06. The van der Waals surface area contributed by atoms with Gasteiger partial charge in [0.15, 0.2) is 0 Å². The second-order valence-corrected chi connectivity index (χ2v) is 2.31. The zero-order chi connectivity index (χ0) is 6.69. The maximum atomic E-state index is 9.06. The van der Waals surface area contributed by atoms with Crippen LogP contribution in [-0.2, 0) is 0 Å². The summed E-state index contributed by atoms with van der Waals surface area (Å²) in [5.41, 5.74) is 0. The van der Waals surface area contributed by atoms with Gasteiger partial charge in [-0.2, -0.15) is 0 Å². The number of allylic oxidation sites excluding steroid dienone is 4. The molecule has 2 heteroatoms. The van der Waals surface area contributed by atoms with Gasteiger partial charge in [-0.15, -0.1) is 12.6 Å². The summed E-state index contributed by atoms with van der Waals surface area (Å²) in [6.07, 6.45) is 7.98. The summed E-state index contributed by atoms with van der Waals surface area (Å²) in [5.74, 6) is 0.336. The summed E-state index contributed by atoms with van der Waals surface area (Å²) in [6, 6.07) is 0. The number of aliphatic hydroxyl groups excluding tert-OH is 1. The van der Waals surface area contributed by atoms with Crippen molar-refractivity contribution in [2.24, 2.45) is 0 Å². The Balaban J connectivity index is 2.85. The van der Waals surface area contributed by atoms with Crippen molar-refractivity contribution in [3.05, 3.63) is 35.0 Å². The summed E-state index contributed by atoms with van der Waals surface area (Å²) < 4.78 is 0. The summed E-state index contributed by atoms with van der Waals surface area (Å²) >= 11 is 4.03. The third kappa shape index (κ3) is 1.64. The second kappa shape index (κ2) is 2.78. The van der Waals surface area contributed by atoms with Gasteiger partial charge in [-0.1, -0.05) is 18.2 Å². The van der Waals surface area contributed by atoms with Gasteiger partial charge in [0.25, 0.3) is 0 Å². The molecule has 1 N–H and O–H groups in total. The first kappa shape index (κ1) is 6.49. The van der Waals surface area contributed by atoms with Crippen molar-refractivity contribution in [1.82, 2.24) is 0 Å². The van der Waals surface area contributed by atoms with E-state index in [1.165, 1.54) is 0 Å². The first-order valence-corrected chi connectivity index (χ1v) is 3.19. The van der Waals surface area contributed by atoms with Crippen molar-refractivity contribution >= 4 is 12.6 Å². The molecule has 0 radical (unpaired) electrons. The quantitative estimate of drug-likeness (QED) is 0.494. The van der Waals surface area contributed by atoms with E-state index >= 15 is 0 Å². The smallest absolute Gasteiger partial charge is 0.109 e. The molecular weight excluding hydrogens is 132 g/mol. The van der Waals surface area contributed by atoms with Gasteiger partial charge in [0.05, 0.1) is 0 Å². The zero-order valence-corrected chi connectivity index (χ0v) is 5.81. The summed E-state index contributed by atoms with van der Waals surface area (Å²) in [7, 11) is 0. The van der Waals surface area contributed by atoms with Crippen LogP contribution >= 0.6 is 12.6 Å². The fourth-order valence-electron chi connectivity index (χ4n) is 0.606. The number of aliphatic hydroxyl groups is 1. The van der Waals surface area contributed by atoms with Crippen LogP contribution in [0.1, 0.15) is 6.42 Å². The van der Waals surface area contributed by atoms with E-state index in [2.05, 4.69) is 12.6 Å². The van der Waals surface area contributed by atoms with Gasteiger partial charge in [0.2, 0.25) is 0 Å². The molecule has 0 atom stereocenters. The van der Waals surface area contributed by atoms with Crippen LogP contribution in [0.25, 0.3) is 0 Å². The van der Waals surface area contributed by atoms with E-state index in [4.69, 9.17) is 5.11 Å². The SMILES string of the molecule is OC1=C(S)C=CC=CC1. The molecule has 0 saturated carbocycles. The predicted molar refractivity (Wildman–Crippen MR) is 41.5 cm³/mol. The predicted octanol–water partition coefficient (Wildman–Crippen LogP) is 2.20. The first-order valence-electron chi connectivity index (χ1n) is 2.75. The molecule has 1 nitrogen and oxygen atoms in total. The fraction of sp³-hybridized carbons (Fsp3) is 0.143. The molecule has 0 amide bonds. The van der Waals surface area contributed by atoms with Crippen LogP contribution in [0, 0.1) is 0 Å². The van der Waals surface area contributed by atoms with Gasteiger partial charge in [-0.05, 0) is 6.08 Å². The largest absolute Gasteiger partial charge is 0.511 e. The topological polar surface area (TPSA) is 20.2 Å². The van der Waals surface area contributed by atoms with Gasteiger partial charge in [0.1, 0.15) is 5.76 Å². The molecule has 1 aliphatic rings. The highest BCUT2D eigenvalue weighted by molar-refractivity contribution is 7.84. The standard InChI is InChI=1S/C7H8OS/c8-6-4-2-1-3-5-7(6)9/h1-3,5,8-9H,4H2. The maximum Gasteiger partial charge on any atom is 0.109 e. The number of rotatable bonds is 0. The van der Waals surface area contributed by atoms with E-state index in [0.717, 1.165) is 0 Å². The molecule has 9 heavy (non-hydrogen) atoms. The zero-order valence-electron chi connectivity index (χ0n) is 4.91. The van der Waals surface area contributed by atoms with Crippen molar-refractivity contribution in [1.29, 1.82) is 0 Å². The molecule has 0 heterocycles. The molecule has 48 valence electrons. The Bertz CT molecular complexity index is 189. The molecule has 0 aliphatic heterocycles. The first-order chi connectivity index (χ1) is 4.30. The van der Waals surface area contributed by atoms with Gasteiger partial charge in [-0.3, -0.25) is 0 Å². The van der Waals surface area contributed by atoms with E-state index in [-0.39, 0.29) is 0 Å². The summed E-state index contributed by atoms with van der Waals surface area (Å²) in [4.78, 5) is 0.653. The minimum atomic E-state index is 0.336.